The molecule has 1 heteroatoms. The van der Waals surface area contributed by atoms with E-state index in [0.717, 1.165) is 5.92 Å². The van der Waals surface area contributed by atoms with E-state index in [-0.39, 0.29) is 5.41 Å². The van der Waals surface area contributed by atoms with Gasteiger partial charge in [0.15, 0.2) is 0 Å². The lowest BCUT2D eigenvalue weighted by Gasteiger charge is -2.41. The summed E-state index contributed by atoms with van der Waals surface area (Å²) < 4.78 is 0. The number of hydrogen-bond donors (Lipinski definition) is 1. The van der Waals surface area contributed by atoms with Crippen molar-refractivity contribution >= 4 is 0 Å². The molecule has 1 aliphatic heterocycles. The fourth-order valence-corrected chi connectivity index (χ4v) is 5.23. The van der Waals surface area contributed by atoms with Crippen LogP contribution in [0.15, 0.2) is 35.9 Å². The number of benzene rings is 1. The molecule has 1 heterocycles. The maximum atomic E-state index is 3.88. The highest BCUT2D eigenvalue weighted by atomic mass is 15.0. The second kappa shape index (κ2) is 4.98. The number of fused-ring (bicyclic) bond motifs is 3. The van der Waals surface area contributed by atoms with Crippen LogP contribution >= 0.6 is 0 Å². The van der Waals surface area contributed by atoms with Crippen molar-refractivity contribution in [3.8, 4) is 0 Å². The summed E-state index contributed by atoms with van der Waals surface area (Å²) >= 11 is 0. The van der Waals surface area contributed by atoms with Crippen LogP contribution in [0.1, 0.15) is 68.9 Å². The average Bonchev–Trinajstić information content (AvgIpc) is 3.14. The maximum absolute atomic E-state index is 3.88. The number of rotatable bonds is 2. The molecule has 1 aromatic rings. The number of piperidine rings is 1. The average molecular weight is 281 g/mol. The van der Waals surface area contributed by atoms with Crippen molar-refractivity contribution in [3.63, 3.8) is 0 Å². The minimum atomic E-state index is 0.288. The fourth-order valence-electron chi connectivity index (χ4n) is 5.23. The molecular weight excluding hydrogens is 254 g/mol. The Morgan fingerprint density at radius 1 is 1.10 bits per heavy atom. The zero-order valence-electron chi connectivity index (χ0n) is 13.4. The van der Waals surface area contributed by atoms with Gasteiger partial charge in [-0.3, -0.25) is 0 Å². The first-order valence-corrected chi connectivity index (χ1v) is 8.71. The van der Waals surface area contributed by atoms with Crippen LogP contribution in [0.3, 0.4) is 0 Å². The molecule has 1 nitrogen and oxygen atoms in total. The van der Waals surface area contributed by atoms with E-state index in [1.807, 2.05) is 0 Å². The molecule has 3 aliphatic rings. The van der Waals surface area contributed by atoms with E-state index in [1.54, 1.807) is 16.7 Å². The van der Waals surface area contributed by atoms with Crippen LogP contribution in [0.5, 0.6) is 0 Å². The molecule has 0 spiro atoms. The van der Waals surface area contributed by atoms with Gasteiger partial charge in [-0.15, -0.1) is 0 Å². The summed E-state index contributed by atoms with van der Waals surface area (Å²) in [4.78, 5) is 0. The van der Waals surface area contributed by atoms with E-state index in [0.29, 0.717) is 12.0 Å². The Morgan fingerprint density at radius 2 is 1.90 bits per heavy atom. The molecule has 1 aromatic carbocycles. The van der Waals surface area contributed by atoms with Crippen molar-refractivity contribution < 1.29 is 0 Å². The van der Waals surface area contributed by atoms with Gasteiger partial charge in [-0.2, -0.15) is 0 Å². The van der Waals surface area contributed by atoms with Crippen molar-refractivity contribution in [2.75, 3.05) is 6.54 Å². The lowest BCUT2D eigenvalue weighted by molar-refractivity contribution is 0.239. The van der Waals surface area contributed by atoms with Gasteiger partial charge in [-0.1, -0.05) is 49.8 Å². The molecule has 3 unspecified atom stereocenters. The van der Waals surface area contributed by atoms with Gasteiger partial charge in [0.25, 0.3) is 0 Å². The second-order valence-electron chi connectivity index (χ2n) is 7.68. The van der Waals surface area contributed by atoms with E-state index in [4.69, 9.17) is 0 Å². The Bertz CT molecular complexity index is 569. The molecule has 0 bridgehead atoms. The third-order valence-corrected chi connectivity index (χ3v) is 6.24. The minimum Gasteiger partial charge on any atom is -0.313 e. The molecule has 2 aliphatic carbocycles. The predicted molar refractivity (Wildman–Crippen MR) is 88.7 cm³/mol. The molecular formula is C20H27N. The first-order valence-electron chi connectivity index (χ1n) is 8.71. The van der Waals surface area contributed by atoms with Gasteiger partial charge in [-0.25, -0.2) is 0 Å². The Morgan fingerprint density at radius 3 is 2.67 bits per heavy atom. The zero-order chi connectivity index (χ0) is 14.4. The summed E-state index contributed by atoms with van der Waals surface area (Å²) in [7, 11) is 0. The smallest absolute Gasteiger partial charge is 0.0213 e. The number of nitrogens with one attached hydrogen (secondary N) is 1. The van der Waals surface area contributed by atoms with Crippen LogP contribution in [-0.2, 0) is 0 Å². The fraction of sp³-hybridized carbons (Fsp3) is 0.600. The van der Waals surface area contributed by atoms with Crippen LogP contribution in [0.4, 0.5) is 0 Å². The van der Waals surface area contributed by atoms with Crippen molar-refractivity contribution in [3.05, 3.63) is 47.0 Å². The first-order chi connectivity index (χ1) is 10.2. The Kier molecular flexibility index (Phi) is 3.22. The van der Waals surface area contributed by atoms with Crippen molar-refractivity contribution in [1.29, 1.82) is 0 Å². The van der Waals surface area contributed by atoms with E-state index in [1.165, 1.54) is 38.6 Å². The quantitative estimate of drug-likeness (QED) is 0.771. The molecule has 1 N–H and O–H groups in total. The number of allylic oxidation sites excluding steroid dienone is 2. The topological polar surface area (TPSA) is 12.0 Å². The van der Waals surface area contributed by atoms with Crippen LogP contribution in [0, 0.1) is 5.41 Å². The molecule has 0 radical (unpaired) electrons. The lowest BCUT2D eigenvalue weighted by atomic mass is 9.67. The minimum absolute atomic E-state index is 0.288. The van der Waals surface area contributed by atoms with E-state index >= 15 is 0 Å². The summed E-state index contributed by atoms with van der Waals surface area (Å²) in [5, 5.41) is 3.88. The van der Waals surface area contributed by atoms with Gasteiger partial charge in [0, 0.05) is 17.9 Å². The highest BCUT2D eigenvalue weighted by Gasteiger charge is 2.49. The molecule has 1 saturated heterocycles. The van der Waals surface area contributed by atoms with Gasteiger partial charge in [0.05, 0.1) is 0 Å². The SMILES string of the molecule is CC(C)(C1=CCCC1)C1c2ccccc2C2CCCNC21. The normalized spacial score (nSPS) is 31.7. The Hall–Kier alpha value is -1.08. The molecule has 3 atom stereocenters. The van der Waals surface area contributed by atoms with Crippen molar-refractivity contribution in [1.82, 2.24) is 5.32 Å². The van der Waals surface area contributed by atoms with E-state index in [9.17, 15) is 0 Å². The van der Waals surface area contributed by atoms with Crippen LogP contribution in [0.25, 0.3) is 0 Å². The third-order valence-electron chi connectivity index (χ3n) is 6.24. The standard InChI is InChI=1S/C20H27N/c1-20(2,14-8-3-4-9-14)18-16-11-6-5-10-15(16)17-12-7-13-21-19(17)18/h5-6,8,10-11,17-19,21H,3-4,7,9,12-13H2,1-2H3. The van der Waals surface area contributed by atoms with Gasteiger partial charge >= 0.3 is 0 Å². The van der Waals surface area contributed by atoms with Gasteiger partial charge in [-0.05, 0) is 55.2 Å². The lowest BCUT2D eigenvalue weighted by Crippen LogP contribution is -2.44. The molecule has 21 heavy (non-hydrogen) atoms. The van der Waals surface area contributed by atoms with Crippen molar-refractivity contribution in [2.45, 2.75) is 63.8 Å². The predicted octanol–water partition coefficient (Wildman–Crippen LogP) is 4.76. The summed E-state index contributed by atoms with van der Waals surface area (Å²) in [6, 6.07) is 9.90. The Balaban J connectivity index is 1.79. The second-order valence-corrected chi connectivity index (χ2v) is 7.68. The van der Waals surface area contributed by atoms with Crippen LogP contribution in [0.2, 0.25) is 0 Å². The van der Waals surface area contributed by atoms with Crippen LogP contribution in [-0.4, -0.2) is 12.6 Å². The summed E-state index contributed by atoms with van der Waals surface area (Å²) in [5.41, 5.74) is 5.25. The van der Waals surface area contributed by atoms with Gasteiger partial charge in [0.1, 0.15) is 0 Å². The molecule has 0 amide bonds. The zero-order valence-corrected chi connectivity index (χ0v) is 13.4. The summed E-state index contributed by atoms with van der Waals surface area (Å²) in [6.45, 7) is 6.18. The van der Waals surface area contributed by atoms with E-state index < -0.39 is 0 Å². The van der Waals surface area contributed by atoms with Crippen molar-refractivity contribution in [2.24, 2.45) is 5.41 Å². The molecule has 0 saturated carbocycles. The molecule has 112 valence electrons. The molecule has 0 aromatic heterocycles. The largest absolute Gasteiger partial charge is 0.313 e. The monoisotopic (exact) mass is 281 g/mol. The number of hydrogen-bond acceptors (Lipinski definition) is 1. The van der Waals surface area contributed by atoms with Gasteiger partial charge in [0.2, 0.25) is 0 Å². The maximum Gasteiger partial charge on any atom is 0.0213 e. The third kappa shape index (κ3) is 2.01. The molecule has 1 fully saturated rings. The van der Waals surface area contributed by atoms with E-state index in [2.05, 4.69) is 49.5 Å². The molecule has 4 rings (SSSR count). The van der Waals surface area contributed by atoms with Gasteiger partial charge < -0.3 is 5.32 Å². The summed E-state index contributed by atoms with van der Waals surface area (Å²) in [5.74, 6) is 1.38. The highest BCUT2D eigenvalue weighted by Crippen LogP contribution is 2.56. The Labute approximate surface area is 128 Å². The highest BCUT2D eigenvalue weighted by molar-refractivity contribution is 5.45. The first kappa shape index (κ1) is 13.6. The van der Waals surface area contributed by atoms with Crippen LogP contribution < -0.4 is 5.32 Å². The summed E-state index contributed by atoms with van der Waals surface area (Å²) in [6.07, 6.45) is 9.16.